The highest BCUT2D eigenvalue weighted by atomic mass is 35.5. The van der Waals surface area contributed by atoms with Crippen LogP contribution in [0.25, 0.3) is 11.5 Å². The molecule has 0 saturated heterocycles. The standard InChI is InChI=1S/C8H4ClFN2OS/c9-6-2-1-4(10)3-5(6)7-11-12-8(14)13-7/h1-3H,(H,12,14). The molecule has 14 heavy (non-hydrogen) atoms. The molecule has 0 unspecified atom stereocenters. The van der Waals surface area contributed by atoms with E-state index in [4.69, 9.17) is 16.0 Å². The number of aromatic amines is 1. The fourth-order valence-corrected chi connectivity index (χ4v) is 1.33. The first-order valence-corrected chi connectivity index (χ1v) is 4.46. The van der Waals surface area contributed by atoms with Crippen molar-refractivity contribution in [3.63, 3.8) is 0 Å². The monoisotopic (exact) mass is 230 g/mol. The van der Waals surface area contributed by atoms with Crippen LogP contribution in [0.2, 0.25) is 5.02 Å². The van der Waals surface area contributed by atoms with Gasteiger partial charge in [0.15, 0.2) is 0 Å². The number of rotatable bonds is 1. The van der Waals surface area contributed by atoms with Crippen LogP contribution in [0.3, 0.4) is 0 Å². The van der Waals surface area contributed by atoms with Crippen LogP contribution in [0, 0.1) is 10.7 Å². The Morgan fingerprint density at radius 1 is 1.50 bits per heavy atom. The summed E-state index contributed by atoms with van der Waals surface area (Å²) in [6, 6.07) is 3.92. The lowest BCUT2D eigenvalue weighted by Crippen LogP contribution is -1.82. The fourth-order valence-electron chi connectivity index (χ4n) is 1.01. The van der Waals surface area contributed by atoms with Gasteiger partial charge in [0.1, 0.15) is 5.82 Å². The first-order valence-electron chi connectivity index (χ1n) is 3.68. The molecule has 0 aliphatic carbocycles. The van der Waals surface area contributed by atoms with Gasteiger partial charge in [-0.05, 0) is 30.4 Å². The molecule has 0 amide bonds. The molecule has 1 aromatic carbocycles. The van der Waals surface area contributed by atoms with Crippen molar-refractivity contribution in [2.75, 3.05) is 0 Å². The topological polar surface area (TPSA) is 41.8 Å². The van der Waals surface area contributed by atoms with Gasteiger partial charge in [0.2, 0.25) is 5.89 Å². The molecule has 0 fully saturated rings. The molecule has 3 nitrogen and oxygen atoms in total. The molecule has 0 aliphatic heterocycles. The smallest absolute Gasteiger partial charge is 0.284 e. The highest BCUT2D eigenvalue weighted by molar-refractivity contribution is 7.71. The van der Waals surface area contributed by atoms with E-state index in [1.807, 2.05) is 0 Å². The third-order valence-electron chi connectivity index (χ3n) is 1.60. The molecular weight excluding hydrogens is 227 g/mol. The summed E-state index contributed by atoms with van der Waals surface area (Å²) in [4.78, 5) is 0.125. The van der Waals surface area contributed by atoms with Gasteiger partial charge in [-0.3, -0.25) is 0 Å². The van der Waals surface area contributed by atoms with Crippen molar-refractivity contribution in [3.8, 4) is 11.5 Å². The van der Waals surface area contributed by atoms with Crippen molar-refractivity contribution in [3.05, 3.63) is 33.9 Å². The van der Waals surface area contributed by atoms with Crippen LogP contribution in [0.1, 0.15) is 0 Å². The van der Waals surface area contributed by atoms with Gasteiger partial charge in [-0.2, -0.15) is 0 Å². The van der Waals surface area contributed by atoms with Crippen molar-refractivity contribution in [2.24, 2.45) is 0 Å². The van der Waals surface area contributed by atoms with Crippen molar-refractivity contribution >= 4 is 23.8 Å². The minimum absolute atomic E-state index is 0.125. The molecule has 0 aliphatic rings. The number of hydrogen-bond acceptors (Lipinski definition) is 3. The predicted molar refractivity (Wildman–Crippen MR) is 52.1 cm³/mol. The van der Waals surface area contributed by atoms with Gasteiger partial charge in [-0.1, -0.05) is 11.6 Å². The Bertz CT molecular complexity index is 522. The highest BCUT2D eigenvalue weighted by Crippen LogP contribution is 2.26. The van der Waals surface area contributed by atoms with Crippen molar-refractivity contribution in [1.29, 1.82) is 0 Å². The Morgan fingerprint density at radius 2 is 2.29 bits per heavy atom. The predicted octanol–water partition coefficient (Wildman–Crippen LogP) is 3.19. The zero-order valence-corrected chi connectivity index (χ0v) is 8.32. The van der Waals surface area contributed by atoms with E-state index in [0.29, 0.717) is 10.6 Å². The van der Waals surface area contributed by atoms with E-state index in [1.54, 1.807) is 0 Å². The number of aromatic nitrogens is 2. The average molecular weight is 231 g/mol. The molecule has 0 bridgehead atoms. The van der Waals surface area contributed by atoms with Gasteiger partial charge in [0, 0.05) is 0 Å². The average Bonchev–Trinajstić information content (AvgIpc) is 2.56. The number of nitrogens with zero attached hydrogens (tertiary/aromatic N) is 1. The van der Waals surface area contributed by atoms with Gasteiger partial charge in [-0.15, -0.1) is 5.10 Å². The molecule has 0 radical (unpaired) electrons. The van der Waals surface area contributed by atoms with Gasteiger partial charge < -0.3 is 4.42 Å². The van der Waals surface area contributed by atoms with E-state index in [-0.39, 0.29) is 10.7 Å². The molecule has 0 atom stereocenters. The Labute approximate surface area is 88.5 Å². The molecule has 1 heterocycles. The number of H-pyrrole nitrogens is 1. The van der Waals surface area contributed by atoms with E-state index in [0.717, 1.165) is 0 Å². The maximum atomic E-state index is 12.9. The summed E-state index contributed by atoms with van der Waals surface area (Å²) in [5, 5.41) is 6.53. The van der Waals surface area contributed by atoms with E-state index in [1.165, 1.54) is 18.2 Å². The summed E-state index contributed by atoms with van der Waals surface area (Å²) < 4.78 is 17.9. The highest BCUT2D eigenvalue weighted by Gasteiger charge is 2.09. The molecule has 2 rings (SSSR count). The second-order valence-corrected chi connectivity index (χ2v) is 3.32. The third-order valence-corrected chi connectivity index (χ3v) is 2.10. The molecule has 6 heteroatoms. The van der Waals surface area contributed by atoms with Gasteiger partial charge in [-0.25, -0.2) is 9.49 Å². The molecule has 0 saturated carbocycles. The van der Waals surface area contributed by atoms with Crippen molar-refractivity contribution in [2.45, 2.75) is 0 Å². The first kappa shape index (κ1) is 9.36. The van der Waals surface area contributed by atoms with E-state index in [2.05, 4.69) is 22.4 Å². The lowest BCUT2D eigenvalue weighted by molar-refractivity contribution is 0.550. The van der Waals surface area contributed by atoms with Crippen LogP contribution in [0.5, 0.6) is 0 Å². The second kappa shape index (κ2) is 3.51. The van der Waals surface area contributed by atoms with E-state index in [9.17, 15) is 4.39 Å². The Kier molecular flexibility index (Phi) is 2.35. The van der Waals surface area contributed by atoms with Crippen LogP contribution in [0.4, 0.5) is 4.39 Å². The minimum atomic E-state index is -0.409. The number of hydrogen-bond donors (Lipinski definition) is 1. The van der Waals surface area contributed by atoms with Gasteiger partial charge in [0.25, 0.3) is 4.84 Å². The second-order valence-electron chi connectivity index (χ2n) is 2.54. The quantitative estimate of drug-likeness (QED) is 0.765. The summed E-state index contributed by atoms with van der Waals surface area (Å²) in [6.07, 6.45) is 0. The third kappa shape index (κ3) is 1.69. The molecule has 0 spiro atoms. The molecular formula is C8H4ClFN2OS. The summed E-state index contributed by atoms with van der Waals surface area (Å²) in [7, 11) is 0. The van der Waals surface area contributed by atoms with E-state index < -0.39 is 5.82 Å². The van der Waals surface area contributed by atoms with Crippen LogP contribution in [-0.2, 0) is 0 Å². The maximum Gasteiger partial charge on any atom is 0.284 e. The number of halogens is 2. The lowest BCUT2D eigenvalue weighted by Gasteiger charge is -1.97. The van der Waals surface area contributed by atoms with Crippen LogP contribution in [-0.4, -0.2) is 10.2 Å². The van der Waals surface area contributed by atoms with Crippen molar-refractivity contribution < 1.29 is 8.81 Å². The summed E-state index contributed by atoms with van der Waals surface area (Å²) >= 11 is 10.5. The molecule has 1 N–H and O–H groups in total. The summed E-state index contributed by atoms with van der Waals surface area (Å²) in [6.45, 7) is 0. The van der Waals surface area contributed by atoms with E-state index >= 15 is 0 Å². The normalized spacial score (nSPS) is 10.4. The Hall–Kier alpha value is -1.20. The minimum Gasteiger partial charge on any atom is -0.409 e. The molecule has 2 aromatic rings. The first-order chi connectivity index (χ1) is 6.66. The summed E-state index contributed by atoms with van der Waals surface area (Å²) in [5.74, 6) is -0.229. The number of nitrogens with one attached hydrogen (secondary N) is 1. The van der Waals surface area contributed by atoms with Crippen LogP contribution < -0.4 is 0 Å². The van der Waals surface area contributed by atoms with Gasteiger partial charge in [0.05, 0.1) is 10.6 Å². The molecule has 1 aromatic heterocycles. The Morgan fingerprint density at radius 3 is 2.93 bits per heavy atom. The van der Waals surface area contributed by atoms with Crippen LogP contribution >= 0.6 is 23.8 Å². The van der Waals surface area contributed by atoms with Crippen LogP contribution in [0.15, 0.2) is 22.6 Å². The SMILES string of the molecule is Fc1ccc(Cl)c(-c2n[nH]c(=S)o2)c1. The largest absolute Gasteiger partial charge is 0.409 e. The zero-order chi connectivity index (χ0) is 10.1. The lowest BCUT2D eigenvalue weighted by atomic mass is 10.2. The molecule has 72 valence electrons. The van der Waals surface area contributed by atoms with Crippen molar-refractivity contribution in [1.82, 2.24) is 10.2 Å². The summed E-state index contributed by atoms with van der Waals surface area (Å²) in [5.41, 5.74) is 0.374. The Balaban J connectivity index is 2.61. The zero-order valence-electron chi connectivity index (χ0n) is 6.75. The van der Waals surface area contributed by atoms with Gasteiger partial charge >= 0.3 is 0 Å². The maximum absolute atomic E-state index is 12.9. The number of benzene rings is 1. The fraction of sp³-hybridized carbons (Fsp3) is 0.